The van der Waals surface area contributed by atoms with Crippen LogP contribution in [-0.4, -0.2) is 42.5 Å². The van der Waals surface area contributed by atoms with Crippen LogP contribution >= 0.6 is 0 Å². The Labute approximate surface area is 162 Å². The van der Waals surface area contributed by atoms with E-state index in [2.05, 4.69) is 25.5 Å². The van der Waals surface area contributed by atoms with Crippen molar-refractivity contribution in [2.45, 2.75) is 25.2 Å². The highest BCUT2D eigenvalue weighted by Crippen LogP contribution is 2.31. The van der Waals surface area contributed by atoms with Crippen molar-refractivity contribution in [1.29, 1.82) is 0 Å². The van der Waals surface area contributed by atoms with Crippen molar-refractivity contribution >= 4 is 5.91 Å². The zero-order chi connectivity index (χ0) is 20.8. The zero-order valence-corrected chi connectivity index (χ0v) is 15.4. The minimum Gasteiger partial charge on any atom is -0.481 e. The minimum atomic E-state index is -4.72. The first-order valence-corrected chi connectivity index (χ1v) is 8.63. The summed E-state index contributed by atoms with van der Waals surface area (Å²) >= 11 is 0. The summed E-state index contributed by atoms with van der Waals surface area (Å²) in [5.74, 6) is -2.05. The minimum absolute atomic E-state index is 0.404. The van der Waals surface area contributed by atoms with Gasteiger partial charge >= 0.3 is 6.18 Å². The van der Waals surface area contributed by atoms with Crippen LogP contribution in [0.1, 0.15) is 34.6 Å². The molecule has 1 unspecified atom stereocenters. The molecule has 4 heterocycles. The number of fused-ring (bicyclic) bond motifs is 1. The van der Waals surface area contributed by atoms with Crippen molar-refractivity contribution in [2.75, 3.05) is 7.11 Å². The number of alkyl halides is 3. The first kappa shape index (κ1) is 18.9. The molecule has 4 rings (SSSR count). The second kappa shape index (κ2) is 6.87. The standard InChI is InChI=1S/C17H16F3N7O2/c1-26-14(23-16(25-26)17(18,19)20)15(28)22-10-4-6-27-12(10)8-11(24-27)9-3-5-21-13(7-9)29-2/h3,5,7-8,10H,4,6H2,1-2H3,(H,22,28). The van der Waals surface area contributed by atoms with Crippen molar-refractivity contribution in [3.63, 3.8) is 0 Å². The van der Waals surface area contributed by atoms with Gasteiger partial charge in [-0.1, -0.05) is 0 Å². The maximum Gasteiger partial charge on any atom is 0.453 e. The Morgan fingerprint density at radius 1 is 1.31 bits per heavy atom. The molecule has 0 radical (unpaired) electrons. The van der Waals surface area contributed by atoms with E-state index in [9.17, 15) is 18.0 Å². The van der Waals surface area contributed by atoms with E-state index in [0.29, 0.717) is 24.5 Å². The van der Waals surface area contributed by atoms with Gasteiger partial charge in [0.2, 0.25) is 11.7 Å². The van der Waals surface area contributed by atoms with E-state index in [1.807, 2.05) is 6.07 Å². The Balaban J connectivity index is 1.55. The number of carbonyl (C=O) groups excluding carboxylic acids is 1. The van der Waals surface area contributed by atoms with E-state index in [-0.39, 0.29) is 0 Å². The fourth-order valence-corrected chi connectivity index (χ4v) is 3.18. The van der Waals surface area contributed by atoms with Crippen molar-refractivity contribution < 1.29 is 22.7 Å². The predicted octanol–water partition coefficient (Wildman–Crippen LogP) is 1.98. The number of hydrogen-bond donors (Lipinski definition) is 1. The summed E-state index contributed by atoms with van der Waals surface area (Å²) in [6.07, 6.45) is -2.55. The number of hydrogen-bond acceptors (Lipinski definition) is 6. The maximum atomic E-state index is 12.8. The van der Waals surface area contributed by atoms with Gasteiger partial charge in [0.15, 0.2) is 0 Å². The van der Waals surface area contributed by atoms with E-state index in [0.717, 1.165) is 15.9 Å². The molecule has 1 aliphatic heterocycles. The highest BCUT2D eigenvalue weighted by atomic mass is 19.4. The molecule has 12 heteroatoms. The molecule has 0 spiro atoms. The third-order valence-corrected chi connectivity index (χ3v) is 4.56. The van der Waals surface area contributed by atoms with Crippen molar-refractivity contribution in [3.8, 4) is 17.1 Å². The van der Waals surface area contributed by atoms with Crippen molar-refractivity contribution in [3.05, 3.63) is 41.7 Å². The average molecular weight is 407 g/mol. The molecular formula is C17H16F3N7O2. The largest absolute Gasteiger partial charge is 0.481 e. The molecule has 0 aliphatic carbocycles. The summed E-state index contributed by atoms with van der Waals surface area (Å²) in [5, 5.41) is 10.5. The SMILES string of the molecule is COc1cc(-c2cc3n(n2)CCC3NC(=O)c2nc(C(F)(F)F)nn2C)ccn1. The lowest BCUT2D eigenvalue weighted by Crippen LogP contribution is -2.29. The van der Waals surface area contributed by atoms with Crippen LogP contribution in [0.3, 0.4) is 0 Å². The van der Waals surface area contributed by atoms with Crippen LogP contribution in [0.15, 0.2) is 24.4 Å². The van der Waals surface area contributed by atoms with Crippen LogP contribution in [0.5, 0.6) is 5.88 Å². The molecule has 3 aromatic rings. The van der Waals surface area contributed by atoms with E-state index in [1.54, 1.807) is 23.0 Å². The van der Waals surface area contributed by atoms with E-state index < -0.39 is 29.8 Å². The molecule has 0 saturated heterocycles. The third-order valence-electron chi connectivity index (χ3n) is 4.56. The third kappa shape index (κ3) is 3.52. The second-order valence-corrected chi connectivity index (χ2v) is 6.46. The van der Waals surface area contributed by atoms with Crippen LogP contribution in [0.2, 0.25) is 0 Å². The molecule has 0 saturated carbocycles. The van der Waals surface area contributed by atoms with E-state index >= 15 is 0 Å². The number of aryl methyl sites for hydroxylation is 2. The molecular weight excluding hydrogens is 391 g/mol. The summed E-state index contributed by atoms with van der Waals surface area (Å²) in [6, 6.07) is 4.94. The second-order valence-electron chi connectivity index (χ2n) is 6.46. The highest BCUT2D eigenvalue weighted by molar-refractivity contribution is 5.91. The molecule has 1 N–H and O–H groups in total. The van der Waals surface area contributed by atoms with Crippen LogP contribution in [0, 0.1) is 0 Å². The smallest absolute Gasteiger partial charge is 0.453 e. The lowest BCUT2D eigenvalue weighted by Gasteiger charge is -2.11. The van der Waals surface area contributed by atoms with E-state index in [4.69, 9.17) is 4.74 Å². The van der Waals surface area contributed by atoms with Gasteiger partial charge in [-0.2, -0.15) is 23.3 Å². The van der Waals surface area contributed by atoms with Gasteiger partial charge in [-0.05, 0) is 18.6 Å². The van der Waals surface area contributed by atoms with Gasteiger partial charge in [-0.15, -0.1) is 5.10 Å². The van der Waals surface area contributed by atoms with Gasteiger partial charge in [0.05, 0.1) is 24.5 Å². The van der Waals surface area contributed by atoms with Gasteiger partial charge in [0.1, 0.15) is 0 Å². The van der Waals surface area contributed by atoms with Crippen LogP contribution in [0.25, 0.3) is 11.3 Å². The van der Waals surface area contributed by atoms with Gasteiger partial charge in [-0.3, -0.25) is 9.48 Å². The van der Waals surface area contributed by atoms with Crippen molar-refractivity contribution in [2.24, 2.45) is 7.05 Å². The predicted molar refractivity (Wildman–Crippen MR) is 92.8 cm³/mol. The summed E-state index contributed by atoms with van der Waals surface area (Å²) in [6.45, 7) is 0.565. The molecule has 1 amide bonds. The highest BCUT2D eigenvalue weighted by Gasteiger charge is 2.38. The Kier molecular flexibility index (Phi) is 4.47. The van der Waals surface area contributed by atoms with Crippen molar-refractivity contribution in [1.82, 2.24) is 34.8 Å². The number of halogens is 3. The monoisotopic (exact) mass is 407 g/mol. The molecule has 1 aliphatic rings. The molecule has 0 aromatic carbocycles. The lowest BCUT2D eigenvalue weighted by atomic mass is 10.1. The Bertz CT molecular complexity index is 1070. The van der Waals surface area contributed by atoms with Gasteiger partial charge in [-0.25, -0.2) is 9.67 Å². The normalized spacial score (nSPS) is 16.0. The molecule has 29 heavy (non-hydrogen) atoms. The molecule has 0 fully saturated rings. The van der Waals surface area contributed by atoms with E-state index in [1.165, 1.54) is 14.2 Å². The molecule has 0 bridgehead atoms. The van der Waals surface area contributed by atoms with Gasteiger partial charge in [0, 0.05) is 31.4 Å². The molecule has 1 atom stereocenters. The lowest BCUT2D eigenvalue weighted by molar-refractivity contribution is -0.144. The molecule has 3 aromatic heterocycles. The number of carbonyl (C=O) groups is 1. The maximum absolute atomic E-state index is 12.8. The quantitative estimate of drug-likeness (QED) is 0.710. The number of ether oxygens (including phenoxy) is 1. The fraction of sp³-hybridized carbons (Fsp3) is 0.353. The van der Waals surface area contributed by atoms with Crippen LogP contribution in [-0.2, 0) is 19.8 Å². The van der Waals surface area contributed by atoms with Gasteiger partial charge < -0.3 is 10.1 Å². The molecule has 152 valence electrons. The number of nitrogens with zero attached hydrogens (tertiary/aromatic N) is 6. The van der Waals surface area contributed by atoms with Crippen LogP contribution < -0.4 is 10.1 Å². The number of nitrogens with one attached hydrogen (secondary N) is 1. The Morgan fingerprint density at radius 3 is 2.79 bits per heavy atom. The zero-order valence-electron chi connectivity index (χ0n) is 15.4. The number of methoxy groups -OCH3 is 1. The topological polar surface area (TPSA) is 99.7 Å². The number of pyridine rings is 1. The molecule has 9 nitrogen and oxygen atoms in total. The summed E-state index contributed by atoms with van der Waals surface area (Å²) in [5.41, 5.74) is 2.23. The summed E-state index contributed by atoms with van der Waals surface area (Å²) in [7, 11) is 2.76. The number of aromatic nitrogens is 6. The van der Waals surface area contributed by atoms with Crippen LogP contribution in [0.4, 0.5) is 13.2 Å². The Morgan fingerprint density at radius 2 is 2.10 bits per heavy atom. The number of rotatable bonds is 4. The number of amides is 1. The van der Waals surface area contributed by atoms with Gasteiger partial charge in [0.25, 0.3) is 11.7 Å². The average Bonchev–Trinajstić information content (AvgIpc) is 3.36. The summed E-state index contributed by atoms with van der Waals surface area (Å²) in [4.78, 5) is 19.9. The first-order chi connectivity index (χ1) is 13.8. The summed E-state index contributed by atoms with van der Waals surface area (Å²) < 4.78 is 46.0. The first-order valence-electron chi connectivity index (χ1n) is 8.63. The fourth-order valence-electron chi connectivity index (χ4n) is 3.18. The Hall–Kier alpha value is -3.44.